The topological polar surface area (TPSA) is 29.1 Å². The van der Waals surface area contributed by atoms with E-state index in [1.807, 2.05) is 38.1 Å². The van der Waals surface area contributed by atoms with Gasteiger partial charge in [0.25, 0.3) is 0 Å². The zero-order valence-corrected chi connectivity index (χ0v) is 11.3. The van der Waals surface area contributed by atoms with E-state index in [0.29, 0.717) is 0 Å². The van der Waals surface area contributed by atoms with Crippen molar-refractivity contribution in [3.63, 3.8) is 0 Å². The Kier molecular flexibility index (Phi) is 2.96. The van der Waals surface area contributed by atoms with Crippen molar-refractivity contribution in [1.82, 2.24) is 5.32 Å². The molecule has 2 aromatic carbocycles. The van der Waals surface area contributed by atoms with Gasteiger partial charge in [0.2, 0.25) is 0 Å². The summed E-state index contributed by atoms with van der Waals surface area (Å²) in [6.45, 7) is 5.82. The van der Waals surface area contributed by atoms with Gasteiger partial charge in [-0.3, -0.25) is 4.79 Å². The third-order valence-corrected chi connectivity index (χ3v) is 3.58. The van der Waals surface area contributed by atoms with Crippen LogP contribution in [0.1, 0.15) is 38.2 Å². The molecular formula is C17H17NO. The molecule has 0 fully saturated rings. The van der Waals surface area contributed by atoms with E-state index >= 15 is 0 Å². The number of carbonyl (C=O) groups is 1. The highest BCUT2D eigenvalue weighted by molar-refractivity contribution is 6.09. The Morgan fingerprint density at radius 2 is 1.58 bits per heavy atom. The van der Waals surface area contributed by atoms with Gasteiger partial charge in [0.1, 0.15) is 0 Å². The number of fused-ring (bicyclic) bond motifs is 1. The van der Waals surface area contributed by atoms with Gasteiger partial charge in [0, 0.05) is 24.2 Å². The zero-order chi connectivity index (χ0) is 13.4. The summed E-state index contributed by atoms with van der Waals surface area (Å²) in [5, 5.41) is 3.30. The fourth-order valence-corrected chi connectivity index (χ4v) is 2.71. The van der Waals surface area contributed by atoms with E-state index in [-0.39, 0.29) is 5.78 Å². The van der Waals surface area contributed by atoms with Crippen LogP contribution in [0, 0.1) is 13.8 Å². The van der Waals surface area contributed by atoms with Gasteiger partial charge in [-0.2, -0.15) is 0 Å². The molecule has 0 unspecified atom stereocenters. The summed E-state index contributed by atoms with van der Waals surface area (Å²) in [6, 6.07) is 12.0. The number of nitrogens with one attached hydrogen (secondary N) is 1. The lowest BCUT2D eigenvalue weighted by atomic mass is 9.97. The van der Waals surface area contributed by atoms with Crippen LogP contribution in [0.2, 0.25) is 0 Å². The maximum Gasteiger partial charge on any atom is 0.193 e. The molecule has 2 heteroatoms. The Morgan fingerprint density at radius 1 is 0.895 bits per heavy atom. The second-order valence-electron chi connectivity index (χ2n) is 5.29. The SMILES string of the molecule is Cc1cc(C)cc(C(=O)c2ccc3c(c2)CNC3)c1. The summed E-state index contributed by atoms with van der Waals surface area (Å²) < 4.78 is 0. The van der Waals surface area contributed by atoms with Gasteiger partial charge in [-0.15, -0.1) is 0 Å². The van der Waals surface area contributed by atoms with Crippen molar-refractivity contribution in [3.8, 4) is 0 Å². The van der Waals surface area contributed by atoms with Crippen molar-refractivity contribution in [1.29, 1.82) is 0 Å². The van der Waals surface area contributed by atoms with Gasteiger partial charge in [0.05, 0.1) is 0 Å². The summed E-state index contributed by atoms with van der Waals surface area (Å²) in [7, 11) is 0. The first kappa shape index (κ1) is 12.1. The molecule has 1 N–H and O–H groups in total. The normalized spacial score (nSPS) is 13.4. The Morgan fingerprint density at radius 3 is 2.32 bits per heavy atom. The van der Waals surface area contributed by atoms with Gasteiger partial charge >= 0.3 is 0 Å². The first-order chi connectivity index (χ1) is 9.13. The lowest BCUT2D eigenvalue weighted by Crippen LogP contribution is -2.03. The highest BCUT2D eigenvalue weighted by Crippen LogP contribution is 2.20. The van der Waals surface area contributed by atoms with Crippen molar-refractivity contribution in [2.24, 2.45) is 0 Å². The molecule has 3 rings (SSSR count). The fraction of sp³-hybridized carbons (Fsp3) is 0.235. The molecule has 0 aromatic heterocycles. The molecule has 1 heterocycles. The van der Waals surface area contributed by atoms with Crippen LogP contribution in [0.3, 0.4) is 0 Å². The van der Waals surface area contributed by atoms with E-state index in [4.69, 9.17) is 0 Å². The van der Waals surface area contributed by atoms with Crippen LogP contribution < -0.4 is 5.32 Å². The number of carbonyl (C=O) groups excluding carboxylic acids is 1. The van der Waals surface area contributed by atoms with E-state index in [0.717, 1.165) is 35.3 Å². The van der Waals surface area contributed by atoms with E-state index < -0.39 is 0 Å². The number of aryl methyl sites for hydroxylation is 2. The predicted octanol–water partition coefficient (Wildman–Crippen LogP) is 3.14. The van der Waals surface area contributed by atoms with Crippen molar-refractivity contribution in [2.75, 3.05) is 0 Å². The van der Waals surface area contributed by atoms with Crippen molar-refractivity contribution in [3.05, 3.63) is 69.8 Å². The number of ketones is 1. The Bertz CT molecular complexity index is 638. The Hall–Kier alpha value is -1.93. The van der Waals surface area contributed by atoms with Crippen LogP contribution in [-0.4, -0.2) is 5.78 Å². The molecule has 2 aromatic rings. The van der Waals surface area contributed by atoms with Crippen LogP contribution >= 0.6 is 0 Å². The molecule has 19 heavy (non-hydrogen) atoms. The van der Waals surface area contributed by atoms with Crippen LogP contribution in [0.25, 0.3) is 0 Å². The van der Waals surface area contributed by atoms with Crippen LogP contribution in [0.5, 0.6) is 0 Å². The molecular weight excluding hydrogens is 234 g/mol. The maximum absolute atomic E-state index is 12.5. The largest absolute Gasteiger partial charge is 0.309 e. The number of benzene rings is 2. The van der Waals surface area contributed by atoms with Crippen LogP contribution in [0.4, 0.5) is 0 Å². The van der Waals surface area contributed by atoms with E-state index in [1.54, 1.807) is 0 Å². The second kappa shape index (κ2) is 4.63. The van der Waals surface area contributed by atoms with Crippen molar-refractivity contribution >= 4 is 5.78 Å². The molecule has 96 valence electrons. The van der Waals surface area contributed by atoms with Gasteiger partial charge in [-0.25, -0.2) is 0 Å². The minimum absolute atomic E-state index is 0.113. The standard InChI is InChI=1S/C17H17NO/c1-11-5-12(2)7-15(6-11)17(19)13-3-4-14-9-18-10-16(14)8-13/h3-8,18H,9-10H2,1-2H3. The Balaban J connectivity index is 1.99. The van der Waals surface area contributed by atoms with Crippen LogP contribution in [0.15, 0.2) is 36.4 Å². The molecule has 0 radical (unpaired) electrons. The lowest BCUT2D eigenvalue weighted by molar-refractivity contribution is 0.103. The minimum Gasteiger partial charge on any atom is -0.309 e. The summed E-state index contributed by atoms with van der Waals surface area (Å²) in [6.07, 6.45) is 0. The monoisotopic (exact) mass is 251 g/mol. The number of hydrogen-bond acceptors (Lipinski definition) is 2. The molecule has 0 saturated carbocycles. The van der Waals surface area contributed by atoms with Gasteiger partial charge in [-0.1, -0.05) is 29.3 Å². The summed E-state index contributed by atoms with van der Waals surface area (Å²) in [5.74, 6) is 0.113. The zero-order valence-electron chi connectivity index (χ0n) is 11.3. The Labute approximate surface area is 113 Å². The second-order valence-corrected chi connectivity index (χ2v) is 5.29. The van der Waals surface area contributed by atoms with Crippen molar-refractivity contribution in [2.45, 2.75) is 26.9 Å². The van der Waals surface area contributed by atoms with Gasteiger partial charge < -0.3 is 5.32 Å². The fourth-order valence-electron chi connectivity index (χ4n) is 2.71. The molecule has 0 bridgehead atoms. The van der Waals surface area contributed by atoms with Gasteiger partial charge in [-0.05, 0) is 43.2 Å². The van der Waals surface area contributed by atoms with Gasteiger partial charge in [0.15, 0.2) is 5.78 Å². The molecule has 0 aliphatic carbocycles. The third-order valence-electron chi connectivity index (χ3n) is 3.58. The van der Waals surface area contributed by atoms with E-state index in [1.165, 1.54) is 11.1 Å². The molecule has 0 amide bonds. The molecule has 0 saturated heterocycles. The third kappa shape index (κ3) is 2.32. The molecule has 1 aliphatic rings. The smallest absolute Gasteiger partial charge is 0.193 e. The highest BCUT2D eigenvalue weighted by atomic mass is 16.1. The average molecular weight is 251 g/mol. The average Bonchev–Trinajstić information content (AvgIpc) is 2.83. The summed E-state index contributed by atoms with van der Waals surface area (Å²) in [5.41, 5.74) is 6.38. The highest BCUT2D eigenvalue weighted by Gasteiger charge is 2.15. The first-order valence-electron chi connectivity index (χ1n) is 6.59. The van der Waals surface area contributed by atoms with E-state index in [9.17, 15) is 4.79 Å². The molecule has 2 nitrogen and oxygen atoms in total. The number of hydrogen-bond donors (Lipinski definition) is 1. The lowest BCUT2D eigenvalue weighted by Gasteiger charge is -2.06. The van der Waals surface area contributed by atoms with Crippen LogP contribution in [-0.2, 0) is 13.1 Å². The first-order valence-corrected chi connectivity index (χ1v) is 6.59. The van der Waals surface area contributed by atoms with E-state index in [2.05, 4.69) is 17.4 Å². The molecule has 0 atom stereocenters. The summed E-state index contributed by atoms with van der Waals surface area (Å²) >= 11 is 0. The molecule has 0 spiro atoms. The maximum atomic E-state index is 12.5. The number of rotatable bonds is 2. The minimum atomic E-state index is 0.113. The summed E-state index contributed by atoms with van der Waals surface area (Å²) in [4.78, 5) is 12.5. The quantitative estimate of drug-likeness (QED) is 0.831. The predicted molar refractivity (Wildman–Crippen MR) is 76.3 cm³/mol. The van der Waals surface area contributed by atoms with Crippen molar-refractivity contribution < 1.29 is 4.79 Å². The molecule has 1 aliphatic heterocycles.